The Labute approximate surface area is 118 Å². The molecule has 0 aliphatic carbocycles. The molecule has 1 unspecified atom stereocenters. The van der Waals surface area contributed by atoms with Gasteiger partial charge in [0.2, 0.25) is 5.91 Å². The predicted molar refractivity (Wildman–Crippen MR) is 78.0 cm³/mol. The zero-order valence-electron chi connectivity index (χ0n) is 12.2. The number of hydrogen-bond acceptors (Lipinski definition) is 4. The fourth-order valence-corrected chi connectivity index (χ4v) is 2.28. The molecule has 1 heterocycles. The summed E-state index contributed by atoms with van der Waals surface area (Å²) in [5.74, 6) is 1.51. The number of rotatable bonds is 5. The van der Waals surface area contributed by atoms with E-state index >= 15 is 0 Å². The number of likely N-dealkylation sites (N-methyl/N-ethyl adjacent to an activating group) is 1. The van der Waals surface area contributed by atoms with Crippen molar-refractivity contribution in [2.75, 3.05) is 20.7 Å². The highest BCUT2D eigenvalue weighted by atomic mass is 16.5. The highest BCUT2D eigenvalue weighted by Gasteiger charge is 2.18. The molecular formula is C15H20N2O3. The third kappa shape index (κ3) is 2.77. The molecule has 1 aromatic heterocycles. The molecule has 1 amide bonds. The molecule has 2 N–H and O–H groups in total. The van der Waals surface area contributed by atoms with E-state index in [-0.39, 0.29) is 18.5 Å². The van der Waals surface area contributed by atoms with Gasteiger partial charge in [-0.2, -0.15) is 0 Å². The molecule has 5 nitrogen and oxygen atoms in total. The van der Waals surface area contributed by atoms with Gasteiger partial charge < -0.3 is 19.8 Å². The van der Waals surface area contributed by atoms with Gasteiger partial charge in [-0.3, -0.25) is 4.79 Å². The lowest BCUT2D eigenvalue weighted by molar-refractivity contribution is -0.120. The Morgan fingerprint density at radius 1 is 1.45 bits per heavy atom. The second-order valence-electron chi connectivity index (χ2n) is 4.77. The van der Waals surface area contributed by atoms with E-state index in [0.29, 0.717) is 0 Å². The lowest BCUT2D eigenvalue weighted by Crippen LogP contribution is -2.34. The van der Waals surface area contributed by atoms with Gasteiger partial charge in [0.25, 0.3) is 0 Å². The lowest BCUT2D eigenvalue weighted by atomic mass is 10.1. The van der Waals surface area contributed by atoms with Crippen LogP contribution in [0.1, 0.15) is 24.3 Å². The molecule has 0 saturated heterocycles. The van der Waals surface area contributed by atoms with Crippen molar-refractivity contribution in [1.82, 2.24) is 10.6 Å². The smallest absolute Gasteiger partial charge is 0.234 e. The van der Waals surface area contributed by atoms with Crippen molar-refractivity contribution < 1.29 is 13.9 Å². The number of carbonyl (C=O) groups excluding carboxylic acids is 1. The van der Waals surface area contributed by atoms with E-state index in [4.69, 9.17) is 9.15 Å². The first-order valence-corrected chi connectivity index (χ1v) is 6.57. The first-order valence-electron chi connectivity index (χ1n) is 6.57. The Bertz CT molecular complexity index is 619. The molecule has 0 radical (unpaired) electrons. The first kappa shape index (κ1) is 14.4. The SMILES string of the molecule is CNCC(=O)NC(C)c1oc2ccc(OC)cc2c1C. The quantitative estimate of drug-likeness (QED) is 0.878. The van der Waals surface area contributed by atoms with Gasteiger partial charge in [0.05, 0.1) is 19.7 Å². The Kier molecular flexibility index (Phi) is 4.29. The number of aryl methyl sites for hydroxylation is 1. The second-order valence-corrected chi connectivity index (χ2v) is 4.77. The number of hydrogen-bond donors (Lipinski definition) is 2. The van der Waals surface area contributed by atoms with Crippen molar-refractivity contribution in [2.45, 2.75) is 19.9 Å². The molecule has 0 fully saturated rings. The van der Waals surface area contributed by atoms with Crippen molar-refractivity contribution in [2.24, 2.45) is 0 Å². The van der Waals surface area contributed by atoms with Crippen molar-refractivity contribution in [3.05, 3.63) is 29.5 Å². The lowest BCUT2D eigenvalue weighted by Gasteiger charge is -2.12. The summed E-state index contributed by atoms with van der Waals surface area (Å²) in [6.07, 6.45) is 0. The van der Waals surface area contributed by atoms with Crippen LogP contribution in [0.15, 0.2) is 22.6 Å². The monoisotopic (exact) mass is 276 g/mol. The fraction of sp³-hybridized carbons (Fsp3) is 0.400. The number of nitrogens with one attached hydrogen (secondary N) is 2. The van der Waals surface area contributed by atoms with Gasteiger partial charge in [-0.15, -0.1) is 0 Å². The molecule has 20 heavy (non-hydrogen) atoms. The third-order valence-corrected chi connectivity index (χ3v) is 3.29. The van der Waals surface area contributed by atoms with Crippen molar-refractivity contribution in [3.63, 3.8) is 0 Å². The van der Waals surface area contributed by atoms with Crippen molar-refractivity contribution >= 4 is 16.9 Å². The van der Waals surface area contributed by atoms with E-state index in [1.54, 1.807) is 14.2 Å². The van der Waals surface area contributed by atoms with Gasteiger partial charge in [-0.25, -0.2) is 0 Å². The number of furan rings is 1. The molecule has 2 rings (SSSR count). The van der Waals surface area contributed by atoms with Gasteiger partial charge in [-0.05, 0) is 39.1 Å². The predicted octanol–water partition coefficient (Wildman–Crippen LogP) is 2.15. The van der Waals surface area contributed by atoms with Gasteiger partial charge >= 0.3 is 0 Å². The third-order valence-electron chi connectivity index (χ3n) is 3.29. The standard InChI is InChI=1S/C15H20N2O3/c1-9-12-7-11(19-4)5-6-13(12)20-15(9)10(2)17-14(18)8-16-3/h5-7,10,16H,8H2,1-4H3,(H,17,18). The number of ether oxygens (including phenoxy) is 1. The number of benzene rings is 1. The van der Waals surface area contributed by atoms with Crippen LogP contribution in [-0.2, 0) is 4.79 Å². The number of methoxy groups -OCH3 is 1. The van der Waals surface area contributed by atoms with E-state index < -0.39 is 0 Å². The van der Waals surface area contributed by atoms with E-state index in [2.05, 4.69) is 10.6 Å². The number of fused-ring (bicyclic) bond motifs is 1. The van der Waals surface area contributed by atoms with E-state index in [1.807, 2.05) is 32.0 Å². The van der Waals surface area contributed by atoms with Crippen molar-refractivity contribution in [1.29, 1.82) is 0 Å². The highest BCUT2D eigenvalue weighted by molar-refractivity contribution is 5.84. The van der Waals surface area contributed by atoms with E-state index in [0.717, 1.165) is 28.0 Å². The van der Waals surface area contributed by atoms with Crippen LogP contribution in [0, 0.1) is 6.92 Å². The zero-order chi connectivity index (χ0) is 14.7. The summed E-state index contributed by atoms with van der Waals surface area (Å²) >= 11 is 0. The maximum atomic E-state index is 11.6. The van der Waals surface area contributed by atoms with Crippen LogP contribution in [0.4, 0.5) is 0 Å². The van der Waals surface area contributed by atoms with E-state index in [9.17, 15) is 4.79 Å². The molecule has 0 bridgehead atoms. The summed E-state index contributed by atoms with van der Waals surface area (Å²) in [4.78, 5) is 11.6. The van der Waals surface area contributed by atoms with Gasteiger partial charge in [0.15, 0.2) is 0 Å². The Hall–Kier alpha value is -2.01. The maximum absolute atomic E-state index is 11.6. The Morgan fingerprint density at radius 3 is 2.85 bits per heavy atom. The molecule has 108 valence electrons. The number of carbonyl (C=O) groups is 1. The van der Waals surface area contributed by atoms with Gasteiger partial charge in [0, 0.05) is 10.9 Å². The van der Waals surface area contributed by atoms with Crippen LogP contribution >= 0.6 is 0 Å². The molecule has 1 atom stereocenters. The molecule has 0 aliphatic rings. The molecule has 0 aliphatic heterocycles. The molecule has 1 aromatic carbocycles. The summed E-state index contributed by atoms with van der Waals surface area (Å²) in [5, 5.41) is 6.73. The minimum atomic E-state index is -0.172. The normalized spacial score (nSPS) is 12.4. The molecule has 2 aromatic rings. The summed E-state index contributed by atoms with van der Waals surface area (Å²) in [5.41, 5.74) is 1.82. The van der Waals surface area contributed by atoms with Crippen LogP contribution in [0.3, 0.4) is 0 Å². The molecule has 0 spiro atoms. The second kappa shape index (κ2) is 5.96. The van der Waals surface area contributed by atoms with Crippen LogP contribution in [0.25, 0.3) is 11.0 Å². The van der Waals surface area contributed by atoms with Gasteiger partial charge in [0.1, 0.15) is 17.1 Å². The summed E-state index contributed by atoms with van der Waals surface area (Å²) in [6, 6.07) is 5.51. The van der Waals surface area contributed by atoms with Crippen LogP contribution in [-0.4, -0.2) is 26.6 Å². The molecule has 0 saturated carbocycles. The largest absolute Gasteiger partial charge is 0.497 e. The minimum Gasteiger partial charge on any atom is -0.497 e. The van der Waals surface area contributed by atoms with E-state index in [1.165, 1.54) is 0 Å². The summed E-state index contributed by atoms with van der Waals surface area (Å²) in [7, 11) is 3.38. The Balaban J connectivity index is 2.30. The first-order chi connectivity index (χ1) is 9.56. The van der Waals surface area contributed by atoms with Crippen molar-refractivity contribution in [3.8, 4) is 5.75 Å². The number of amides is 1. The van der Waals surface area contributed by atoms with Crippen LogP contribution in [0.2, 0.25) is 0 Å². The summed E-state index contributed by atoms with van der Waals surface area (Å²) in [6.45, 7) is 4.19. The van der Waals surface area contributed by atoms with Gasteiger partial charge in [-0.1, -0.05) is 0 Å². The minimum absolute atomic E-state index is 0.0579. The topological polar surface area (TPSA) is 63.5 Å². The average molecular weight is 276 g/mol. The molecule has 5 heteroatoms. The zero-order valence-corrected chi connectivity index (χ0v) is 12.2. The van der Waals surface area contributed by atoms with Crippen LogP contribution in [0.5, 0.6) is 5.75 Å². The van der Waals surface area contributed by atoms with Crippen LogP contribution < -0.4 is 15.4 Å². The average Bonchev–Trinajstić information content (AvgIpc) is 2.76. The fourth-order valence-electron chi connectivity index (χ4n) is 2.28. The maximum Gasteiger partial charge on any atom is 0.234 e. The highest BCUT2D eigenvalue weighted by Crippen LogP contribution is 2.31. The summed E-state index contributed by atoms with van der Waals surface area (Å²) < 4.78 is 11.1. The Morgan fingerprint density at radius 2 is 2.20 bits per heavy atom. The molecular weight excluding hydrogens is 256 g/mol.